The maximum Gasteiger partial charge on any atom is 0.534 e. The van der Waals surface area contributed by atoms with Gasteiger partial charge in [0.2, 0.25) is 0 Å². The zero-order chi connectivity index (χ0) is 58.4. The van der Waals surface area contributed by atoms with Crippen LogP contribution < -0.4 is 35.5 Å². The van der Waals surface area contributed by atoms with Crippen LogP contribution in [-0.2, 0) is 19.6 Å². The summed E-state index contributed by atoms with van der Waals surface area (Å²) >= 11 is 0. The fourth-order valence-electron chi connectivity index (χ4n) is 8.84. The predicted molar refractivity (Wildman–Crippen MR) is 277 cm³/mol. The molecule has 4 aromatic carbocycles. The van der Waals surface area contributed by atoms with Crippen molar-refractivity contribution in [1.29, 1.82) is 0 Å². The number of Topliss-reactive ketones (excluding diaryl/α,β-unsaturated/α-hetero) is 2. The average molecular weight is 1140 g/mol. The molecule has 29 heteroatoms. The minimum Gasteiger partial charge on any atom is -0.444 e. The first-order valence-corrected chi connectivity index (χ1v) is 26.1. The molecule has 4 heterocycles. The number of halogens is 7. The Hall–Kier alpha value is -7.59. The van der Waals surface area contributed by atoms with E-state index in [0.717, 1.165) is 38.0 Å². The van der Waals surface area contributed by atoms with Gasteiger partial charge in [-0.3, -0.25) is 29.0 Å². The van der Waals surface area contributed by atoms with E-state index in [1.54, 1.807) is 12.9 Å². The quantitative estimate of drug-likeness (QED) is 0.0293. The minimum absolute atomic E-state index is 0.00589. The number of carbonyl (C=O) groups excluding carboxylic acids is 4. The van der Waals surface area contributed by atoms with E-state index in [-0.39, 0.29) is 86.8 Å². The maximum atomic E-state index is 15.1. The smallest absolute Gasteiger partial charge is 0.444 e. The van der Waals surface area contributed by atoms with Crippen LogP contribution in [0.2, 0.25) is 6.82 Å². The summed E-state index contributed by atoms with van der Waals surface area (Å²) in [7, 11) is -8.70. The third-order valence-electron chi connectivity index (χ3n) is 13.3. The fraction of sp³-hybridized carbons (Fsp3) is 0.333. The first kappa shape index (κ1) is 58.6. The van der Waals surface area contributed by atoms with E-state index < -0.39 is 93.7 Å². The number of ether oxygens (including phenoxy) is 2. The van der Waals surface area contributed by atoms with Gasteiger partial charge >= 0.3 is 42.0 Å². The molecule has 6 aromatic rings. The van der Waals surface area contributed by atoms with Gasteiger partial charge in [0.15, 0.2) is 34.0 Å². The Morgan fingerprint density at radius 2 is 1.16 bits per heavy atom. The number of pyridine rings is 2. The number of aromatic nitrogens is 2. The lowest BCUT2D eigenvalue weighted by Gasteiger charge is -2.16. The second-order valence-electron chi connectivity index (χ2n) is 19.2. The van der Waals surface area contributed by atoms with Gasteiger partial charge in [-0.15, -0.1) is 0 Å². The van der Waals surface area contributed by atoms with Gasteiger partial charge in [0, 0.05) is 64.5 Å². The fourth-order valence-corrected chi connectivity index (χ4v) is 9.29. The molecule has 0 spiro atoms. The molecule has 2 aliphatic carbocycles. The summed E-state index contributed by atoms with van der Waals surface area (Å²) in [6, 6.07) is 11.6. The van der Waals surface area contributed by atoms with E-state index in [0.29, 0.717) is 43.1 Å². The molecule has 4 aliphatic rings. The number of amides is 2. The molecule has 2 amide bonds. The van der Waals surface area contributed by atoms with Crippen molar-refractivity contribution in [1.82, 2.24) is 14.4 Å². The third kappa shape index (κ3) is 12.4. The summed E-state index contributed by atoms with van der Waals surface area (Å²) in [4.78, 5) is 75.1. The van der Waals surface area contributed by atoms with E-state index >= 15 is 8.78 Å². The SMILES string of the molecule is CB(O)NCC1CN(c2ccc(B(O)O)c(F)c2)C(=O)O1.CC(=O)c1cn(C2CC2)c2cc(OS(=O)(=O)C(F)(F)F)c(F)cc2c1=O.CCC1CN(c2ccc(-c3cc4c(cc3F)c(=O)c(C(C)=O)cn4C3CC3)c(F)c2)C(=O)O1. The number of cyclic esters (lactones) is 2. The molecule has 2 unspecified atom stereocenters. The Balaban J connectivity index is 0.000000162. The van der Waals surface area contributed by atoms with E-state index in [4.69, 9.17) is 24.5 Å². The first-order chi connectivity index (χ1) is 37.6. The van der Waals surface area contributed by atoms with Gasteiger partial charge in [0.05, 0.1) is 46.6 Å². The van der Waals surface area contributed by atoms with Crippen molar-refractivity contribution in [3.05, 3.63) is 128 Å². The summed E-state index contributed by atoms with van der Waals surface area (Å²) in [6.45, 7) is 6.71. The van der Waals surface area contributed by atoms with Crippen LogP contribution >= 0.6 is 0 Å². The van der Waals surface area contributed by atoms with Crippen LogP contribution in [0.1, 0.15) is 85.7 Å². The molecular weight excluding hydrogens is 1090 g/mol. The van der Waals surface area contributed by atoms with Crippen LogP contribution in [0.15, 0.2) is 82.6 Å². The van der Waals surface area contributed by atoms with Crippen LogP contribution in [0.3, 0.4) is 0 Å². The van der Waals surface area contributed by atoms with E-state index in [1.807, 2.05) is 11.5 Å². The number of hydrogen-bond acceptors (Lipinski definition) is 15. The minimum atomic E-state index is -6.07. The van der Waals surface area contributed by atoms with E-state index in [1.165, 1.54) is 64.0 Å². The van der Waals surface area contributed by atoms with Gasteiger partial charge in [-0.25, -0.2) is 27.2 Å². The van der Waals surface area contributed by atoms with Gasteiger partial charge in [-0.1, -0.05) is 13.0 Å². The molecule has 19 nitrogen and oxygen atoms in total. The normalized spacial score (nSPS) is 17.1. The molecule has 2 atom stereocenters. The van der Waals surface area contributed by atoms with Crippen LogP contribution in [0.4, 0.5) is 51.7 Å². The highest BCUT2D eigenvalue weighted by Crippen LogP contribution is 2.41. The summed E-state index contributed by atoms with van der Waals surface area (Å²) < 4.78 is 135. The molecule has 422 valence electrons. The molecule has 2 saturated heterocycles. The highest BCUT2D eigenvalue weighted by atomic mass is 32.2. The molecule has 2 saturated carbocycles. The van der Waals surface area contributed by atoms with Crippen molar-refractivity contribution in [2.75, 3.05) is 29.4 Å². The number of nitrogens with one attached hydrogen (secondary N) is 1. The Bertz CT molecular complexity index is 3730. The van der Waals surface area contributed by atoms with Gasteiger partial charge in [-0.05, 0) is 101 Å². The summed E-state index contributed by atoms with van der Waals surface area (Å²) in [5, 5.41) is 29.6. The number of anilines is 2. The Morgan fingerprint density at radius 1 is 0.688 bits per heavy atom. The van der Waals surface area contributed by atoms with Crippen molar-refractivity contribution in [3.63, 3.8) is 0 Å². The molecule has 0 bridgehead atoms. The Morgan fingerprint density at radius 3 is 1.61 bits per heavy atom. The maximum absolute atomic E-state index is 15.1. The summed E-state index contributed by atoms with van der Waals surface area (Å²) in [5.74, 6) is -5.86. The highest BCUT2D eigenvalue weighted by Gasteiger charge is 2.49. The third-order valence-corrected chi connectivity index (χ3v) is 14.3. The highest BCUT2D eigenvalue weighted by molar-refractivity contribution is 7.88. The predicted octanol–water partition coefficient (Wildman–Crippen LogP) is 6.66. The Kier molecular flexibility index (Phi) is 16.7. The topological polar surface area (TPSA) is 253 Å². The van der Waals surface area contributed by atoms with Gasteiger partial charge in [0.25, 0.3) is 0 Å². The largest absolute Gasteiger partial charge is 0.534 e. The standard InChI is InChI=1S/C25H22F2N2O4.C15H11F4NO5S.C11H15B2FN2O5/c1-3-16-11-29(25(32)33-16)15-6-7-17(21(26)8-15)18-10-23-19(9-22(18)27)24(31)20(13(2)30)12-28(23)14-4-5-14;1-7(21)10-6-20(8-2-3-8)12-5-13(11(16)4-9(12)14(10)22)25-26(23,24)15(17,18)19;1-12(18)15-5-8-6-16(11(17)21-8)7-2-3-9(13(19)20)10(14)4-7/h6-10,12,14,16H,3-5,11H2,1-2H3;4-6,8H,2-3H2,1H3;2-4,8,15,18-20H,5-6H2,1H3. The number of alkyl halides is 3. The number of hydrogen-bond donors (Lipinski definition) is 4. The lowest BCUT2D eigenvalue weighted by molar-refractivity contribution is -0.0501. The monoisotopic (exact) mass is 1140 g/mol. The molecule has 4 N–H and O–H groups in total. The molecule has 0 radical (unpaired) electrons. The average Bonchev–Trinajstić information content (AvgIpc) is 4.36. The van der Waals surface area contributed by atoms with Crippen LogP contribution in [0, 0.1) is 23.3 Å². The van der Waals surface area contributed by atoms with Crippen molar-refractivity contribution in [2.45, 2.75) is 89.5 Å². The van der Waals surface area contributed by atoms with Crippen molar-refractivity contribution < 1.29 is 87.1 Å². The zero-order valence-corrected chi connectivity index (χ0v) is 43.5. The molecule has 80 heavy (non-hydrogen) atoms. The zero-order valence-electron chi connectivity index (χ0n) is 42.7. The molecule has 2 aliphatic heterocycles. The molecule has 10 rings (SSSR count). The van der Waals surface area contributed by atoms with Gasteiger partial charge < -0.3 is 43.1 Å². The molecule has 2 aromatic heterocycles. The van der Waals surface area contributed by atoms with E-state index in [2.05, 4.69) is 9.41 Å². The number of fused-ring (bicyclic) bond motifs is 2. The molecular formula is C51H48B2F7N5O14S. The number of benzene rings is 4. The lowest BCUT2D eigenvalue weighted by atomic mass is 9.80. The van der Waals surface area contributed by atoms with Crippen LogP contribution in [0.5, 0.6) is 5.75 Å². The second-order valence-corrected chi connectivity index (χ2v) is 20.8. The number of ketones is 2. The van der Waals surface area contributed by atoms with Crippen LogP contribution in [-0.4, -0.2) is 108 Å². The van der Waals surface area contributed by atoms with Crippen molar-refractivity contribution >= 4 is 86.7 Å². The first-order valence-electron chi connectivity index (χ1n) is 24.7. The van der Waals surface area contributed by atoms with Crippen molar-refractivity contribution in [2.24, 2.45) is 0 Å². The van der Waals surface area contributed by atoms with Crippen LogP contribution in [0.25, 0.3) is 32.9 Å². The second kappa shape index (κ2) is 22.9. The number of carbonyl (C=O) groups is 4. The number of rotatable bonds is 14. The van der Waals surface area contributed by atoms with Gasteiger partial charge in [0.1, 0.15) is 29.7 Å². The van der Waals surface area contributed by atoms with E-state index in [9.17, 15) is 59.1 Å². The number of nitrogens with zero attached hydrogens (tertiary/aromatic N) is 4. The van der Waals surface area contributed by atoms with Gasteiger partial charge in [-0.2, -0.15) is 21.6 Å². The lowest BCUT2D eigenvalue weighted by Crippen LogP contribution is -2.38. The summed E-state index contributed by atoms with van der Waals surface area (Å²) in [6.07, 6.45) is 4.68. The van der Waals surface area contributed by atoms with Crippen molar-refractivity contribution in [3.8, 4) is 16.9 Å². The Labute approximate surface area is 450 Å². The molecule has 4 fully saturated rings. The summed E-state index contributed by atoms with van der Waals surface area (Å²) in [5.41, 5.74) is -6.45.